The van der Waals surface area contributed by atoms with Gasteiger partial charge in [-0.05, 0) is 0 Å². The molecule has 148 valence electrons. The van der Waals surface area contributed by atoms with E-state index in [0.29, 0.717) is 0 Å². The molecule has 0 radical (unpaired) electrons. The van der Waals surface area contributed by atoms with Gasteiger partial charge < -0.3 is 24.8 Å². The van der Waals surface area contributed by atoms with Gasteiger partial charge in [-0.25, -0.2) is 0 Å². The first-order chi connectivity index (χ1) is 11.6. The molecule has 0 saturated carbocycles. The Labute approximate surface area is 190 Å². The Bertz CT molecular complexity index is 718. The van der Waals surface area contributed by atoms with E-state index in [1.54, 1.807) is 0 Å². The SMILES string of the molecule is Cc1c(C)c(C)c([O][Zr+2][O]c2c(C)c(C)c(C)c(C)c2C)c(C)c1C.[Cl-].[Cl-]. The van der Waals surface area contributed by atoms with Crippen LogP contribution in [0.4, 0.5) is 0 Å². The minimum Gasteiger partial charge on any atom is -1.00 e. The second-order valence-corrected chi connectivity index (χ2v) is 8.61. The first kappa shape index (κ1) is 26.5. The van der Waals surface area contributed by atoms with Crippen molar-refractivity contribution in [2.24, 2.45) is 0 Å². The molecule has 0 aromatic heterocycles. The molecule has 0 atom stereocenters. The summed E-state index contributed by atoms with van der Waals surface area (Å²) in [6, 6.07) is 0. The molecule has 0 bridgehead atoms. The molecule has 2 aromatic rings. The zero-order valence-electron chi connectivity index (χ0n) is 18.1. The van der Waals surface area contributed by atoms with E-state index in [9.17, 15) is 0 Å². The monoisotopic (exact) mass is 486 g/mol. The summed E-state index contributed by atoms with van der Waals surface area (Å²) in [7, 11) is 0. The van der Waals surface area contributed by atoms with Crippen molar-refractivity contribution in [1.82, 2.24) is 0 Å². The van der Waals surface area contributed by atoms with Crippen molar-refractivity contribution < 1.29 is 54.6 Å². The standard InChI is InChI=1S/2C11H16O.2ClH.Zr/c2*1-6-7(2)9(4)11(12)10(5)8(6)3;;;/h2*12H,1-5H3;2*1H;/q;;;;+4/p-4. The van der Waals surface area contributed by atoms with Crippen LogP contribution in [0.5, 0.6) is 11.5 Å². The van der Waals surface area contributed by atoms with E-state index in [1.165, 1.54) is 55.6 Å². The third kappa shape index (κ3) is 4.92. The average molecular weight is 489 g/mol. The quantitative estimate of drug-likeness (QED) is 0.610. The predicted molar refractivity (Wildman–Crippen MR) is 102 cm³/mol. The summed E-state index contributed by atoms with van der Waals surface area (Å²) in [5, 5.41) is 0. The molecule has 0 unspecified atom stereocenters. The molecule has 0 saturated heterocycles. The van der Waals surface area contributed by atoms with Gasteiger partial charge in [0.15, 0.2) is 0 Å². The minimum absolute atomic E-state index is 0. The van der Waals surface area contributed by atoms with Gasteiger partial charge in [0.05, 0.1) is 0 Å². The molecular weight excluding hydrogens is 458 g/mol. The first-order valence-electron chi connectivity index (χ1n) is 8.82. The normalized spacial score (nSPS) is 9.85. The molecule has 0 heterocycles. The summed E-state index contributed by atoms with van der Waals surface area (Å²) in [6.45, 7) is 21.7. The summed E-state index contributed by atoms with van der Waals surface area (Å²) in [5.41, 5.74) is 13.0. The fourth-order valence-electron chi connectivity index (χ4n) is 3.34. The third-order valence-corrected chi connectivity index (χ3v) is 7.56. The van der Waals surface area contributed by atoms with Crippen LogP contribution in [0.2, 0.25) is 0 Å². The number of hydrogen-bond donors (Lipinski definition) is 0. The third-order valence-electron chi connectivity index (χ3n) is 6.15. The van der Waals surface area contributed by atoms with Crippen molar-refractivity contribution in [1.29, 1.82) is 0 Å². The summed E-state index contributed by atoms with van der Waals surface area (Å²) in [6.07, 6.45) is 0. The van der Waals surface area contributed by atoms with Crippen molar-refractivity contribution in [3.05, 3.63) is 55.6 Å². The molecule has 27 heavy (non-hydrogen) atoms. The van der Waals surface area contributed by atoms with Crippen LogP contribution in [0.1, 0.15) is 55.6 Å². The molecule has 0 fully saturated rings. The molecular formula is C22H30Cl2O2Zr. The van der Waals surface area contributed by atoms with E-state index in [2.05, 4.69) is 69.2 Å². The van der Waals surface area contributed by atoms with Gasteiger partial charge in [-0.1, -0.05) is 0 Å². The maximum atomic E-state index is 6.26. The molecule has 0 spiro atoms. The van der Waals surface area contributed by atoms with Crippen LogP contribution in [-0.4, -0.2) is 0 Å². The Morgan fingerprint density at radius 3 is 0.778 bits per heavy atom. The number of halogens is 2. The van der Waals surface area contributed by atoms with E-state index in [-0.39, 0.29) is 24.8 Å². The maximum Gasteiger partial charge on any atom is -1.00 e. The molecule has 0 amide bonds. The van der Waals surface area contributed by atoms with Crippen molar-refractivity contribution in [3.63, 3.8) is 0 Å². The van der Waals surface area contributed by atoms with Crippen LogP contribution in [0.25, 0.3) is 0 Å². The predicted octanol–water partition coefficient (Wildman–Crippen LogP) is 0.149. The van der Waals surface area contributed by atoms with E-state index < -0.39 is 24.1 Å². The van der Waals surface area contributed by atoms with Gasteiger partial charge in [-0.2, -0.15) is 0 Å². The zero-order chi connectivity index (χ0) is 19.0. The largest absolute Gasteiger partial charge is 1.00 e. The summed E-state index contributed by atoms with van der Waals surface area (Å²) in [4.78, 5) is 0. The maximum absolute atomic E-state index is 6.26. The summed E-state index contributed by atoms with van der Waals surface area (Å²) >= 11 is -1.47. The van der Waals surface area contributed by atoms with Crippen LogP contribution >= 0.6 is 0 Å². The molecule has 0 aliphatic rings. The number of rotatable bonds is 4. The number of hydrogen-bond acceptors (Lipinski definition) is 2. The number of benzene rings is 2. The Morgan fingerprint density at radius 2 is 0.556 bits per heavy atom. The Balaban J connectivity index is 0.00000338. The molecule has 2 aromatic carbocycles. The molecule has 0 aliphatic carbocycles. The van der Waals surface area contributed by atoms with Crippen LogP contribution < -0.4 is 30.4 Å². The van der Waals surface area contributed by atoms with Crippen molar-refractivity contribution in [3.8, 4) is 11.5 Å². The summed E-state index contributed by atoms with van der Waals surface area (Å²) < 4.78 is 12.5. The average Bonchev–Trinajstić information content (AvgIpc) is 2.60. The first-order valence-corrected chi connectivity index (χ1v) is 10.8. The molecule has 5 heteroatoms. The Hall–Kier alpha value is -0.497. The van der Waals surface area contributed by atoms with Crippen LogP contribution in [0.15, 0.2) is 0 Å². The molecule has 0 N–H and O–H groups in total. The van der Waals surface area contributed by atoms with Crippen molar-refractivity contribution in [2.45, 2.75) is 69.2 Å². The van der Waals surface area contributed by atoms with Crippen LogP contribution in [0.3, 0.4) is 0 Å². The van der Waals surface area contributed by atoms with Crippen molar-refractivity contribution in [2.75, 3.05) is 0 Å². The fraction of sp³-hybridized carbons (Fsp3) is 0.455. The van der Waals surface area contributed by atoms with Gasteiger partial charge in [-0.15, -0.1) is 0 Å². The molecule has 2 nitrogen and oxygen atoms in total. The van der Waals surface area contributed by atoms with E-state index in [4.69, 9.17) is 5.63 Å². The second kappa shape index (κ2) is 10.3. The smallest absolute Gasteiger partial charge is 1.00 e. The Morgan fingerprint density at radius 1 is 0.370 bits per heavy atom. The fourth-order valence-corrected chi connectivity index (χ4v) is 5.36. The Kier molecular flexibility index (Phi) is 10.1. The van der Waals surface area contributed by atoms with E-state index >= 15 is 0 Å². The minimum atomic E-state index is -1.47. The molecule has 2 rings (SSSR count). The molecule has 0 aliphatic heterocycles. The van der Waals surface area contributed by atoms with E-state index in [1.807, 2.05) is 0 Å². The van der Waals surface area contributed by atoms with E-state index in [0.717, 1.165) is 11.5 Å². The van der Waals surface area contributed by atoms with Gasteiger partial charge in [-0.3, -0.25) is 0 Å². The second-order valence-electron chi connectivity index (χ2n) is 7.20. The zero-order valence-corrected chi connectivity index (χ0v) is 22.0. The van der Waals surface area contributed by atoms with Gasteiger partial charge in [0.25, 0.3) is 0 Å². The van der Waals surface area contributed by atoms with Crippen LogP contribution in [-0.2, 0) is 24.1 Å². The van der Waals surface area contributed by atoms with Crippen molar-refractivity contribution >= 4 is 0 Å². The van der Waals surface area contributed by atoms with Gasteiger partial charge in [0.2, 0.25) is 0 Å². The topological polar surface area (TPSA) is 18.5 Å². The van der Waals surface area contributed by atoms with Crippen LogP contribution in [0, 0.1) is 69.2 Å². The van der Waals surface area contributed by atoms with Gasteiger partial charge >= 0.3 is 166 Å². The van der Waals surface area contributed by atoms with Gasteiger partial charge in [0, 0.05) is 0 Å². The summed E-state index contributed by atoms with van der Waals surface area (Å²) in [5.74, 6) is 2.06. The van der Waals surface area contributed by atoms with Gasteiger partial charge in [0.1, 0.15) is 0 Å².